The third kappa shape index (κ3) is 4.60. The van der Waals surface area contributed by atoms with E-state index in [1.807, 2.05) is 15.9 Å². The number of nitrogens with zero attached hydrogens (tertiary/aromatic N) is 2. The molecule has 8 rings (SSSR count). The molecule has 0 radical (unpaired) electrons. The molecule has 2 heterocycles. The number of fused-ring (bicyclic) bond motifs is 3. The quantitative estimate of drug-likeness (QED) is 0.242. The van der Waals surface area contributed by atoms with Crippen molar-refractivity contribution in [3.8, 4) is 0 Å². The number of nitrogens with one attached hydrogen (secondary N) is 1. The topological polar surface area (TPSA) is 74.9 Å². The molecule has 7 nitrogen and oxygen atoms in total. The second-order valence-electron chi connectivity index (χ2n) is 13.1. The molecule has 1 aromatic heterocycles. The van der Waals surface area contributed by atoms with E-state index in [9.17, 15) is 9.59 Å². The molecule has 2 aromatic carbocycles. The Kier molecular flexibility index (Phi) is 7.22. The van der Waals surface area contributed by atoms with E-state index in [1.54, 1.807) is 7.11 Å². The molecule has 4 saturated carbocycles. The summed E-state index contributed by atoms with van der Waals surface area (Å²) in [6, 6.07) is 16.3. The first kappa shape index (κ1) is 27.8. The highest BCUT2D eigenvalue weighted by molar-refractivity contribution is 6.27. The van der Waals surface area contributed by atoms with Crippen molar-refractivity contribution in [2.75, 3.05) is 31.1 Å². The van der Waals surface area contributed by atoms with E-state index in [1.165, 1.54) is 30.2 Å². The first-order chi connectivity index (χ1) is 20.4. The molecule has 5 aliphatic rings. The number of carbonyl (C=O) groups is 2. The van der Waals surface area contributed by atoms with Crippen LogP contribution in [0.2, 0.25) is 0 Å². The predicted molar refractivity (Wildman–Crippen MR) is 164 cm³/mol. The minimum atomic E-state index is -0.293. The SMILES string of the molecule is COCCOC(=O)N(c1ccc([C@H]2c3[nH]c4ccccc4c3C[C@H](C)N2C(=O)CCl)cc1)C12CC3CC(CC(C3)C1)C2. The van der Waals surface area contributed by atoms with Gasteiger partial charge in [0.1, 0.15) is 12.5 Å². The van der Waals surface area contributed by atoms with Gasteiger partial charge in [-0.2, -0.15) is 0 Å². The van der Waals surface area contributed by atoms with Gasteiger partial charge in [-0.15, -0.1) is 11.6 Å². The van der Waals surface area contributed by atoms with Crippen LogP contribution in [0.3, 0.4) is 0 Å². The second kappa shape index (κ2) is 10.9. The Hall–Kier alpha value is -3.03. The van der Waals surface area contributed by atoms with Crippen molar-refractivity contribution >= 4 is 40.2 Å². The number of alkyl halides is 1. The maximum atomic E-state index is 13.8. The zero-order valence-electron chi connectivity index (χ0n) is 24.5. The maximum Gasteiger partial charge on any atom is 0.414 e. The summed E-state index contributed by atoms with van der Waals surface area (Å²) in [4.78, 5) is 34.6. The number of amides is 2. The normalized spacial score (nSPS) is 29.5. The first-order valence-corrected chi connectivity index (χ1v) is 16.0. The number of halogens is 1. The van der Waals surface area contributed by atoms with Crippen LogP contribution in [-0.2, 0) is 20.7 Å². The van der Waals surface area contributed by atoms with Crippen LogP contribution in [-0.4, -0.2) is 59.7 Å². The Morgan fingerprint density at radius 2 is 1.67 bits per heavy atom. The van der Waals surface area contributed by atoms with Crippen LogP contribution >= 0.6 is 11.6 Å². The van der Waals surface area contributed by atoms with Crippen LogP contribution in [0.15, 0.2) is 48.5 Å². The van der Waals surface area contributed by atoms with Crippen molar-refractivity contribution in [3.05, 3.63) is 65.4 Å². The lowest BCUT2D eigenvalue weighted by atomic mass is 9.52. The van der Waals surface area contributed by atoms with E-state index in [2.05, 4.69) is 54.4 Å². The monoisotopic (exact) mass is 589 g/mol. The first-order valence-electron chi connectivity index (χ1n) is 15.4. The van der Waals surface area contributed by atoms with E-state index < -0.39 is 0 Å². The Morgan fingerprint density at radius 1 is 1.00 bits per heavy atom. The summed E-state index contributed by atoms with van der Waals surface area (Å²) in [5, 5.41) is 1.20. The largest absolute Gasteiger partial charge is 0.447 e. The van der Waals surface area contributed by atoms with Gasteiger partial charge in [-0.05, 0) is 98.9 Å². The van der Waals surface area contributed by atoms with Gasteiger partial charge in [0.25, 0.3) is 0 Å². The van der Waals surface area contributed by atoms with E-state index in [0.717, 1.165) is 48.1 Å². The smallest absolute Gasteiger partial charge is 0.414 e. The number of benzene rings is 2. The molecule has 0 spiro atoms. The maximum absolute atomic E-state index is 13.8. The fraction of sp³-hybridized carbons (Fsp3) is 0.529. The van der Waals surface area contributed by atoms with Gasteiger partial charge in [-0.1, -0.05) is 30.3 Å². The van der Waals surface area contributed by atoms with Gasteiger partial charge in [0.2, 0.25) is 5.91 Å². The Balaban J connectivity index is 1.28. The third-order valence-electron chi connectivity index (χ3n) is 10.4. The zero-order valence-corrected chi connectivity index (χ0v) is 25.2. The predicted octanol–water partition coefficient (Wildman–Crippen LogP) is 6.83. The molecule has 3 aromatic rings. The number of anilines is 1. The van der Waals surface area contributed by atoms with Crippen molar-refractivity contribution < 1.29 is 19.1 Å². The van der Waals surface area contributed by atoms with Crippen molar-refractivity contribution in [1.29, 1.82) is 0 Å². The molecule has 222 valence electrons. The van der Waals surface area contributed by atoms with Crippen LogP contribution in [0.25, 0.3) is 10.9 Å². The molecule has 2 atom stereocenters. The van der Waals surface area contributed by atoms with Crippen LogP contribution in [0, 0.1) is 17.8 Å². The van der Waals surface area contributed by atoms with E-state index in [4.69, 9.17) is 21.1 Å². The molecule has 0 saturated heterocycles. The lowest BCUT2D eigenvalue weighted by Crippen LogP contribution is -2.62. The summed E-state index contributed by atoms with van der Waals surface area (Å²) in [5.41, 5.74) is 5.02. The number of carbonyl (C=O) groups excluding carboxylic acids is 2. The van der Waals surface area contributed by atoms with Gasteiger partial charge in [0, 0.05) is 35.4 Å². The van der Waals surface area contributed by atoms with Crippen LogP contribution in [0.1, 0.15) is 68.3 Å². The fourth-order valence-corrected chi connectivity index (χ4v) is 9.38. The van der Waals surface area contributed by atoms with Crippen LogP contribution < -0.4 is 4.90 Å². The summed E-state index contributed by atoms with van der Waals surface area (Å²) >= 11 is 6.14. The Bertz CT molecular complexity index is 1450. The number of hydrogen-bond acceptors (Lipinski definition) is 4. The van der Waals surface area contributed by atoms with E-state index >= 15 is 0 Å². The highest BCUT2D eigenvalue weighted by Gasteiger charge is 2.55. The Morgan fingerprint density at radius 3 is 2.31 bits per heavy atom. The van der Waals surface area contributed by atoms with Gasteiger partial charge in [-0.25, -0.2) is 4.79 Å². The van der Waals surface area contributed by atoms with Crippen molar-refractivity contribution in [2.45, 2.75) is 69.5 Å². The number of methoxy groups -OCH3 is 1. The fourth-order valence-electron chi connectivity index (χ4n) is 9.24. The number of rotatable bonds is 7. The third-order valence-corrected chi connectivity index (χ3v) is 10.6. The molecule has 4 aliphatic carbocycles. The molecular weight excluding hydrogens is 550 g/mol. The molecule has 1 N–H and O–H groups in total. The van der Waals surface area contributed by atoms with Crippen LogP contribution in [0.4, 0.5) is 10.5 Å². The summed E-state index contributed by atoms with van der Waals surface area (Å²) in [7, 11) is 1.62. The van der Waals surface area contributed by atoms with E-state index in [-0.39, 0.29) is 42.1 Å². The molecule has 8 heteroatoms. The molecular formula is C34H40ClN3O4. The van der Waals surface area contributed by atoms with Crippen molar-refractivity contribution in [3.63, 3.8) is 0 Å². The highest BCUT2D eigenvalue weighted by atomic mass is 35.5. The zero-order chi connectivity index (χ0) is 29.0. The van der Waals surface area contributed by atoms with Crippen LogP contribution in [0.5, 0.6) is 0 Å². The van der Waals surface area contributed by atoms with Gasteiger partial charge in [0.15, 0.2) is 0 Å². The second-order valence-corrected chi connectivity index (χ2v) is 13.4. The molecule has 4 bridgehead atoms. The molecule has 42 heavy (non-hydrogen) atoms. The lowest BCUT2D eigenvalue weighted by Gasteiger charge is -2.59. The van der Waals surface area contributed by atoms with Gasteiger partial charge in [0.05, 0.1) is 18.2 Å². The number of aromatic amines is 1. The average Bonchev–Trinajstić information content (AvgIpc) is 3.34. The van der Waals surface area contributed by atoms with Gasteiger partial charge >= 0.3 is 6.09 Å². The summed E-state index contributed by atoms with van der Waals surface area (Å²) in [5.74, 6) is 1.90. The average molecular weight is 590 g/mol. The number of H-pyrrole nitrogens is 1. The minimum absolute atomic E-state index is 0.00748. The Labute approximate surface area is 252 Å². The number of ether oxygens (including phenoxy) is 2. The summed E-state index contributed by atoms with van der Waals surface area (Å²) in [6.45, 7) is 2.70. The molecule has 4 fully saturated rings. The van der Waals surface area contributed by atoms with E-state index in [0.29, 0.717) is 24.4 Å². The van der Waals surface area contributed by atoms with Gasteiger partial charge in [-0.3, -0.25) is 9.69 Å². The van der Waals surface area contributed by atoms with Crippen molar-refractivity contribution in [2.24, 2.45) is 17.8 Å². The number of hydrogen-bond donors (Lipinski definition) is 1. The highest BCUT2D eigenvalue weighted by Crippen LogP contribution is 2.58. The lowest BCUT2D eigenvalue weighted by molar-refractivity contribution is -0.133. The summed E-state index contributed by atoms with van der Waals surface area (Å²) in [6.07, 6.45) is 7.48. The standard InChI is InChI=1S/C34H40ClN3O4/c1-21-13-28-27-5-3-4-6-29(27)36-31(28)32(37(21)30(39)20-35)25-7-9-26(10-8-25)38(33(40)42-12-11-41-2)34-17-22-14-23(18-34)16-24(15-22)19-34/h3-10,21-24,32,36H,11-20H2,1-2H3/t21-,22?,23?,24?,32-,34?/m0/s1. The molecule has 1 aliphatic heterocycles. The minimum Gasteiger partial charge on any atom is -0.447 e. The summed E-state index contributed by atoms with van der Waals surface area (Å²) < 4.78 is 10.9. The number of para-hydroxylation sites is 1. The van der Waals surface area contributed by atoms with Crippen molar-refractivity contribution in [1.82, 2.24) is 9.88 Å². The molecule has 2 amide bonds. The number of aromatic nitrogens is 1. The van der Waals surface area contributed by atoms with Gasteiger partial charge < -0.3 is 19.4 Å². The molecule has 0 unspecified atom stereocenters.